The van der Waals surface area contributed by atoms with Crippen LogP contribution in [0, 0.1) is 0 Å². The minimum absolute atomic E-state index is 0.198. The summed E-state index contributed by atoms with van der Waals surface area (Å²) in [5.41, 5.74) is 0.166. The molecule has 8 heteroatoms. The summed E-state index contributed by atoms with van der Waals surface area (Å²) in [7, 11) is 0. The van der Waals surface area contributed by atoms with E-state index in [0.717, 1.165) is 4.68 Å². The summed E-state index contributed by atoms with van der Waals surface area (Å²) in [5.74, 6) is -0.369. The normalized spacial score (nSPS) is 10.6. The third-order valence-corrected chi connectivity index (χ3v) is 3.29. The summed E-state index contributed by atoms with van der Waals surface area (Å²) in [6.07, 6.45) is 1.59. The molecule has 100 valence electrons. The van der Waals surface area contributed by atoms with Crippen molar-refractivity contribution in [3.05, 3.63) is 46.2 Å². The maximum atomic E-state index is 12.1. The lowest BCUT2D eigenvalue weighted by Crippen LogP contribution is -2.30. The Hall–Kier alpha value is -2.61. The summed E-state index contributed by atoms with van der Waals surface area (Å²) in [5, 5.41) is 12.9. The van der Waals surface area contributed by atoms with Crippen molar-refractivity contribution < 1.29 is 4.79 Å². The van der Waals surface area contributed by atoms with E-state index in [9.17, 15) is 9.59 Å². The molecule has 0 aliphatic rings. The molecule has 0 aliphatic carbocycles. The van der Waals surface area contributed by atoms with Crippen LogP contribution < -0.4 is 10.9 Å². The maximum absolute atomic E-state index is 12.1. The molecule has 3 rings (SSSR count). The molecule has 0 atom stereocenters. The molecule has 1 N–H and O–H groups in total. The average Bonchev–Trinajstić information content (AvgIpc) is 2.95. The van der Waals surface area contributed by atoms with Crippen LogP contribution in [0.1, 0.15) is 0 Å². The van der Waals surface area contributed by atoms with Crippen molar-refractivity contribution in [1.82, 2.24) is 20.0 Å². The zero-order valence-electron chi connectivity index (χ0n) is 10.2. The lowest BCUT2D eigenvalue weighted by Gasteiger charge is -2.04. The lowest BCUT2D eigenvalue weighted by atomic mass is 10.2. The first kappa shape index (κ1) is 12.4. The summed E-state index contributed by atoms with van der Waals surface area (Å²) < 4.78 is 1.03. The monoisotopic (exact) mass is 287 g/mol. The summed E-state index contributed by atoms with van der Waals surface area (Å²) in [6.45, 7) is -0.198. The van der Waals surface area contributed by atoms with E-state index in [2.05, 4.69) is 20.6 Å². The number of hydrogen-bond donors (Lipinski definition) is 1. The van der Waals surface area contributed by atoms with Crippen LogP contribution >= 0.6 is 11.3 Å². The predicted molar refractivity (Wildman–Crippen MR) is 74.5 cm³/mol. The molecule has 0 aliphatic heterocycles. The second-order valence-electron chi connectivity index (χ2n) is 3.95. The van der Waals surface area contributed by atoms with Gasteiger partial charge in [0.05, 0.1) is 5.39 Å². The number of rotatable bonds is 3. The Morgan fingerprint density at radius 3 is 3.00 bits per heavy atom. The lowest BCUT2D eigenvalue weighted by molar-refractivity contribution is -0.117. The van der Waals surface area contributed by atoms with Gasteiger partial charge in [-0.15, -0.1) is 16.4 Å². The van der Waals surface area contributed by atoms with E-state index in [-0.39, 0.29) is 18.0 Å². The van der Waals surface area contributed by atoms with Crippen molar-refractivity contribution in [2.24, 2.45) is 0 Å². The Labute approximate surface area is 116 Å². The van der Waals surface area contributed by atoms with Crippen molar-refractivity contribution >= 4 is 33.3 Å². The summed E-state index contributed by atoms with van der Waals surface area (Å²) >= 11 is 1.30. The molecule has 2 aromatic heterocycles. The van der Waals surface area contributed by atoms with E-state index >= 15 is 0 Å². The van der Waals surface area contributed by atoms with Gasteiger partial charge in [-0.1, -0.05) is 17.3 Å². The van der Waals surface area contributed by atoms with E-state index in [1.54, 1.807) is 35.8 Å². The largest absolute Gasteiger partial charge is 0.300 e. The number of carbonyl (C=O) groups excluding carboxylic acids is 1. The zero-order chi connectivity index (χ0) is 13.9. The van der Waals surface area contributed by atoms with Crippen molar-refractivity contribution in [2.75, 3.05) is 5.32 Å². The first-order chi connectivity index (χ1) is 9.74. The highest BCUT2D eigenvalue weighted by Crippen LogP contribution is 2.10. The van der Waals surface area contributed by atoms with Gasteiger partial charge in [0.15, 0.2) is 5.13 Å². The molecule has 0 saturated heterocycles. The Bertz CT molecular complexity index is 812. The van der Waals surface area contributed by atoms with Gasteiger partial charge >= 0.3 is 0 Å². The molecule has 2 heterocycles. The predicted octanol–water partition coefficient (Wildman–Crippen LogP) is 0.887. The van der Waals surface area contributed by atoms with E-state index in [4.69, 9.17) is 0 Å². The fourth-order valence-electron chi connectivity index (χ4n) is 1.71. The Morgan fingerprint density at radius 2 is 2.20 bits per heavy atom. The van der Waals surface area contributed by atoms with Gasteiger partial charge in [0, 0.05) is 11.6 Å². The number of benzene rings is 1. The Balaban J connectivity index is 1.86. The molecule has 0 saturated carbocycles. The molecule has 1 amide bonds. The minimum Gasteiger partial charge on any atom is -0.300 e. The number of nitrogens with one attached hydrogen (secondary N) is 1. The topological polar surface area (TPSA) is 89.8 Å². The number of aromatic nitrogens is 4. The molecular formula is C12H9N5O2S. The highest BCUT2D eigenvalue weighted by molar-refractivity contribution is 7.13. The standard InChI is InChI=1S/C12H9N5O2S/c18-10(14-12-13-5-6-20-12)7-17-11(19)8-3-1-2-4-9(8)15-16-17/h1-6H,7H2,(H,13,14,18). The molecule has 20 heavy (non-hydrogen) atoms. The zero-order valence-corrected chi connectivity index (χ0v) is 11.0. The van der Waals surface area contributed by atoms with Crippen LogP contribution in [0.15, 0.2) is 40.6 Å². The highest BCUT2D eigenvalue weighted by Gasteiger charge is 2.10. The summed E-state index contributed by atoms with van der Waals surface area (Å²) in [4.78, 5) is 27.9. The number of nitrogens with zero attached hydrogens (tertiary/aromatic N) is 4. The van der Waals surface area contributed by atoms with Crippen LogP contribution in [0.5, 0.6) is 0 Å². The smallest absolute Gasteiger partial charge is 0.278 e. The molecule has 0 spiro atoms. The van der Waals surface area contributed by atoms with Crippen molar-refractivity contribution in [3.8, 4) is 0 Å². The Kier molecular flexibility index (Phi) is 3.21. The fourth-order valence-corrected chi connectivity index (χ4v) is 2.25. The van der Waals surface area contributed by atoms with E-state index in [0.29, 0.717) is 16.0 Å². The number of anilines is 1. The quantitative estimate of drug-likeness (QED) is 0.772. The number of thiazole rings is 1. The molecule has 0 fully saturated rings. The van der Waals surface area contributed by atoms with Gasteiger partial charge in [0.2, 0.25) is 5.91 Å². The van der Waals surface area contributed by atoms with Gasteiger partial charge in [0.25, 0.3) is 5.56 Å². The second-order valence-corrected chi connectivity index (χ2v) is 4.85. The molecule has 0 bridgehead atoms. The molecule has 0 radical (unpaired) electrons. The SMILES string of the molecule is O=C(Cn1nnc2ccccc2c1=O)Nc1nccs1. The van der Waals surface area contributed by atoms with Gasteiger partial charge in [-0.25, -0.2) is 9.67 Å². The number of hydrogen-bond acceptors (Lipinski definition) is 6. The molecule has 7 nitrogen and oxygen atoms in total. The maximum Gasteiger partial charge on any atom is 0.278 e. The molecule has 3 aromatic rings. The first-order valence-corrected chi connectivity index (χ1v) is 6.64. The number of fused-ring (bicyclic) bond motifs is 1. The van der Waals surface area contributed by atoms with E-state index < -0.39 is 0 Å². The number of carbonyl (C=O) groups is 1. The molecule has 1 aromatic carbocycles. The van der Waals surface area contributed by atoms with Crippen LogP contribution in [-0.2, 0) is 11.3 Å². The van der Waals surface area contributed by atoms with Gasteiger partial charge < -0.3 is 5.32 Å². The van der Waals surface area contributed by atoms with Crippen molar-refractivity contribution in [3.63, 3.8) is 0 Å². The molecule has 0 unspecified atom stereocenters. The van der Waals surface area contributed by atoms with E-state index in [1.165, 1.54) is 11.3 Å². The fraction of sp³-hybridized carbons (Fsp3) is 0.0833. The van der Waals surface area contributed by atoms with Crippen molar-refractivity contribution in [1.29, 1.82) is 0 Å². The van der Waals surface area contributed by atoms with Crippen LogP contribution in [0.2, 0.25) is 0 Å². The first-order valence-electron chi connectivity index (χ1n) is 5.76. The minimum atomic E-state index is -0.369. The van der Waals surface area contributed by atoms with Crippen LogP contribution in [0.4, 0.5) is 5.13 Å². The second kappa shape index (κ2) is 5.17. The van der Waals surface area contributed by atoms with Gasteiger partial charge in [-0.05, 0) is 12.1 Å². The van der Waals surface area contributed by atoms with Crippen LogP contribution in [-0.4, -0.2) is 25.9 Å². The third-order valence-electron chi connectivity index (χ3n) is 2.60. The summed E-state index contributed by atoms with van der Waals surface area (Å²) in [6, 6.07) is 6.87. The highest BCUT2D eigenvalue weighted by atomic mass is 32.1. The molecular weight excluding hydrogens is 278 g/mol. The average molecular weight is 287 g/mol. The number of amides is 1. The van der Waals surface area contributed by atoms with Gasteiger partial charge in [0.1, 0.15) is 12.1 Å². The van der Waals surface area contributed by atoms with Crippen LogP contribution in [0.25, 0.3) is 10.9 Å². The van der Waals surface area contributed by atoms with Crippen molar-refractivity contribution in [2.45, 2.75) is 6.54 Å². The third kappa shape index (κ3) is 2.41. The van der Waals surface area contributed by atoms with Gasteiger partial charge in [-0.2, -0.15) is 0 Å². The van der Waals surface area contributed by atoms with Crippen LogP contribution in [0.3, 0.4) is 0 Å². The van der Waals surface area contributed by atoms with Gasteiger partial charge in [-0.3, -0.25) is 9.59 Å². The van der Waals surface area contributed by atoms with E-state index in [1.807, 2.05) is 0 Å². The Morgan fingerprint density at radius 1 is 1.35 bits per heavy atom.